The van der Waals surface area contributed by atoms with Gasteiger partial charge in [0.25, 0.3) is 0 Å². The third-order valence-electron chi connectivity index (χ3n) is 2.61. The third-order valence-corrected chi connectivity index (χ3v) is 3.61. The Morgan fingerprint density at radius 2 is 2.00 bits per heavy atom. The lowest BCUT2D eigenvalue weighted by Gasteiger charge is -2.05. The zero-order valence-corrected chi connectivity index (χ0v) is 10.4. The van der Waals surface area contributed by atoms with Crippen molar-refractivity contribution < 1.29 is 9.18 Å². The summed E-state index contributed by atoms with van der Waals surface area (Å²) in [5, 5.41) is 0. The number of carbonyl (C=O) groups is 1. The van der Waals surface area contributed by atoms with Gasteiger partial charge in [-0.2, -0.15) is 0 Å². The van der Waals surface area contributed by atoms with Crippen LogP contribution in [0.15, 0.2) is 24.3 Å². The van der Waals surface area contributed by atoms with Gasteiger partial charge >= 0.3 is 0 Å². The largest absolute Gasteiger partial charge is 0.398 e. The number of carbonyl (C=O) groups excluding carboxylic acids is 1. The smallest absolute Gasteiger partial charge is 0.203 e. The van der Waals surface area contributed by atoms with Gasteiger partial charge in [0, 0.05) is 21.7 Å². The number of nitrogens with two attached hydrogens (primary N) is 1. The molecule has 0 aliphatic heterocycles. The number of ketones is 1. The van der Waals surface area contributed by atoms with Crippen LogP contribution in [0.2, 0.25) is 0 Å². The van der Waals surface area contributed by atoms with Crippen LogP contribution < -0.4 is 5.73 Å². The van der Waals surface area contributed by atoms with Crippen LogP contribution in [0.25, 0.3) is 0 Å². The summed E-state index contributed by atoms with van der Waals surface area (Å²) in [4.78, 5) is 13.7. The monoisotopic (exact) mass is 249 g/mol. The van der Waals surface area contributed by atoms with E-state index in [4.69, 9.17) is 5.73 Å². The lowest BCUT2D eigenvalue weighted by Crippen LogP contribution is -2.03. The SMILES string of the molecule is Cc1ccc(C(=O)c2cc(N)c(C)c(F)c2)s1. The number of halogens is 1. The summed E-state index contributed by atoms with van der Waals surface area (Å²) < 4.78 is 13.5. The molecule has 0 saturated carbocycles. The Morgan fingerprint density at radius 3 is 2.53 bits per heavy atom. The van der Waals surface area contributed by atoms with E-state index < -0.39 is 5.82 Å². The zero-order valence-electron chi connectivity index (χ0n) is 9.58. The number of aryl methyl sites for hydroxylation is 1. The van der Waals surface area contributed by atoms with Crippen LogP contribution in [0, 0.1) is 19.7 Å². The first-order chi connectivity index (χ1) is 7.99. The number of nitrogen functional groups attached to an aromatic ring is 1. The summed E-state index contributed by atoms with van der Waals surface area (Å²) in [5.74, 6) is -0.629. The fourth-order valence-corrected chi connectivity index (χ4v) is 2.36. The summed E-state index contributed by atoms with van der Waals surface area (Å²) in [6.07, 6.45) is 0. The second-order valence-electron chi connectivity index (χ2n) is 3.91. The summed E-state index contributed by atoms with van der Waals surface area (Å²) in [7, 11) is 0. The Balaban J connectivity index is 2.44. The summed E-state index contributed by atoms with van der Waals surface area (Å²) >= 11 is 1.39. The van der Waals surface area contributed by atoms with E-state index in [2.05, 4.69) is 0 Å². The van der Waals surface area contributed by atoms with E-state index in [1.165, 1.54) is 23.5 Å². The van der Waals surface area contributed by atoms with Gasteiger partial charge in [0.15, 0.2) is 0 Å². The van der Waals surface area contributed by atoms with E-state index in [0.717, 1.165) is 4.88 Å². The molecule has 1 heterocycles. The molecule has 1 aromatic heterocycles. The van der Waals surface area contributed by atoms with Crippen molar-refractivity contribution in [2.45, 2.75) is 13.8 Å². The van der Waals surface area contributed by atoms with Gasteiger partial charge in [0.1, 0.15) is 5.82 Å². The molecule has 2 nitrogen and oxygen atoms in total. The van der Waals surface area contributed by atoms with Crippen LogP contribution in [0.1, 0.15) is 25.7 Å². The van der Waals surface area contributed by atoms with Gasteiger partial charge in [-0.15, -0.1) is 11.3 Å². The van der Waals surface area contributed by atoms with Crippen LogP contribution in [-0.4, -0.2) is 5.78 Å². The van der Waals surface area contributed by atoms with Crippen molar-refractivity contribution in [3.63, 3.8) is 0 Å². The fraction of sp³-hybridized carbons (Fsp3) is 0.154. The highest BCUT2D eigenvalue weighted by Gasteiger charge is 2.14. The second-order valence-corrected chi connectivity index (χ2v) is 5.20. The van der Waals surface area contributed by atoms with Crippen LogP contribution >= 0.6 is 11.3 Å². The van der Waals surface area contributed by atoms with E-state index in [0.29, 0.717) is 21.7 Å². The van der Waals surface area contributed by atoms with Gasteiger partial charge in [0.2, 0.25) is 5.78 Å². The van der Waals surface area contributed by atoms with Crippen molar-refractivity contribution in [3.8, 4) is 0 Å². The molecule has 0 saturated heterocycles. The molecular formula is C13H12FNOS. The zero-order chi connectivity index (χ0) is 12.6. The standard InChI is InChI=1S/C13H12FNOS/c1-7-3-4-12(17-7)13(16)9-5-10(14)8(2)11(15)6-9/h3-6H,15H2,1-2H3. The highest BCUT2D eigenvalue weighted by molar-refractivity contribution is 7.14. The van der Waals surface area contributed by atoms with Crippen LogP contribution in [0.3, 0.4) is 0 Å². The minimum Gasteiger partial charge on any atom is -0.398 e. The molecule has 2 N–H and O–H groups in total. The molecule has 1 aromatic carbocycles. The Kier molecular flexibility index (Phi) is 2.98. The summed E-state index contributed by atoms with van der Waals surface area (Å²) in [6, 6.07) is 6.38. The normalized spacial score (nSPS) is 10.5. The Morgan fingerprint density at radius 1 is 1.29 bits per heavy atom. The van der Waals surface area contributed by atoms with Crippen LogP contribution in [0.4, 0.5) is 10.1 Å². The van der Waals surface area contributed by atoms with Crippen LogP contribution in [0.5, 0.6) is 0 Å². The molecule has 0 aliphatic rings. The molecule has 2 rings (SSSR count). The topological polar surface area (TPSA) is 43.1 Å². The number of hydrogen-bond donors (Lipinski definition) is 1. The van der Waals surface area contributed by atoms with E-state index in [9.17, 15) is 9.18 Å². The maximum atomic E-state index is 13.5. The third kappa shape index (κ3) is 2.22. The van der Waals surface area contributed by atoms with E-state index in [1.54, 1.807) is 13.0 Å². The van der Waals surface area contributed by atoms with Gasteiger partial charge < -0.3 is 5.73 Å². The average Bonchev–Trinajstić information content (AvgIpc) is 2.71. The molecule has 0 atom stereocenters. The van der Waals surface area contributed by atoms with Crippen molar-refractivity contribution in [1.29, 1.82) is 0 Å². The Bertz CT molecular complexity index is 566. The molecule has 0 unspecified atom stereocenters. The summed E-state index contributed by atoms with van der Waals surface area (Å²) in [5.41, 5.74) is 6.64. The number of benzene rings is 1. The van der Waals surface area contributed by atoms with E-state index in [1.807, 2.05) is 13.0 Å². The molecule has 17 heavy (non-hydrogen) atoms. The van der Waals surface area contributed by atoms with E-state index >= 15 is 0 Å². The molecule has 0 radical (unpaired) electrons. The molecule has 0 aliphatic carbocycles. The first-order valence-corrected chi connectivity index (χ1v) is 5.97. The van der Waals surface area contributed by atoms with Crippen LogP contribution in [-0.2, 0) is 0 Å². The predicted molar refractivity (Wildman–Crippen MR) is 68.0 cm³/mol. The maximum Gasteiger partial charge on any atom is 0.203 e. The first-order valence-electron chi connectivity index (χ1n) is 5.16. The van der Waals surface area contributed by atoms with Gasteiger partial charge in [0.05, 0.1) is 4.88 Å². The lowest BCUT2D eigenvalue weighted by atomic mass is 10.1. The highest BCUT2D eigenvalue weighted by atomic mass is 32.1. The minimum absolute atomic E-state index is 0.186. The average molecular weight is 249 g/mol. The molecule has 0 amide bonds. The second kappa shape index (κ2) is 4.30. The van der Waals surface area contributed by atoms with Gasteiger partial charge in [-0.3, -0.25) is 4.79 Å². The van der Waals surface area contributed by atoms with Crippen molar-refractivity contribution in [2.24, 2.45) is 0 Å². The number of rotatable bonds is 2. The number of hydrogen-bond acceptors (Lipinski definition) is 3. The molecular weight excluding hydrogens is 237 g/mol. The number of anilines is 1. The van der Waals surface area contributed by atoms with Gasteiger partial charge in [-0.05, 0) is 38.1 Å². The molecule has 0 fully saturated rings. The van der Waals surface area contributed by atoms with E-state index in [-0.39, 0.29) is 5.78 Å². The highest BCUT2D eigenvalue weighted by Crippen LogP contribution is 2.23. The summed E-state index contributed by atoms with van der Waals surface area (Å²) in [6.45, 7) is 3.51. The molecule has 4 heteroatoms. The first kappa shape index (κ1) is 11.8. The van der Waals surface area contributed by atoms with Crippen molar-refractivity contribution in [2.75, 3.05) is 5.73 Å². The quantitative estimate of drug-likeness (QED) is 0.655. The lowest BCUT2D eigenvalue weighted by molar-refractivity contribution is 0.104. The Hall–Kier alpha value is -1.68. The minimum atomic E-state index is -0.443. The molecule has 88 valence electrons. The van der Waals surface area contributed by atoms with Crippen molar-refractivity contribution in [3.05, 3.63) is 51.0 Å². The maximum absolute atomic E-state index is 13.5. The molecule has 0 spiro atoms. The van der Waals surface area contributed by atoms with Crippen molar-refractivity contribution in [1.82, 2.24) is 0 Å². The van der Waals surface area contributed by atoms with Gasteiger partial charge in [-0.1, -0.05) is 0 Å². The van der Waals surface area contributed by atoms with Crippen molar-refractivity contribution >= 4 is 22.8 Å². The molecule has 2 aromatic rings. The fourth-order valence-electron chi connectivity index (χ4n) is 1.53. The van der Waals surface area contributed by atoms with Gasteiger partial charge in [-0.25, -0.2) is 4.39 Å². The predicted octanol–water partition coefficient (Wildman–Crippen LogP) is 3.32. The molecule has 0 bridgehead atoms. The number of thiophene rings is 1. The Labute approximate surface area is 103 Å².